The van der Waals surface area contributed by atoms with Crippen molar-refractivity contribution in [3.8, 4) is 0 Å². The minimum Gasteiger partial charge on any atom is -0.423 e. The lowest BCUT2D eigenvalue weighted by Crippen LogP contribution is -2.63. The summed E-state index contributed by atoms with van der Waals surface area (Å²) in [5.41, 5.74) is 2.30. The molecule has 2 N–H and O–H groups in total. The van der Waals surface area contributed by atoms with Gasteiger partial charge in [0.05, 0.1) is 40.8 Å². The van der Waals surface area contributed by atoms with Crippen LogP contribution in [0.2, 0.25) is 0 Å². The predicted octanol–water partition coefficient (Wildman–Crippen LogP) is 3.95. The van der Waals surface area contributed by atoms with Crippen molar-refractivity contribution in [3.63, 3.8) is 0 Å². The Bertz CT molecular complexity index is 1050. The van der Waals surface area contributed by atoms with Crippen LogP contribution in [0.1, 0.15) is 63.9 Å². The normalized spacial score (nSPS) is 21.5. The molecule has 0 radical (unpaired) electrons. The topological polar surface area (TPSA) is 130 Å². The van der Waals surface area contributed by atoms with Gasteiger partial charge in [0, 0.05) is 23.9 Å². The van der Waals surface area contributed by atoms with Crippen molar-refractivity contribution in [2.24, 2.45) is 11.8 Å². The zero-order chi connectivity index (χ0) is 27.8. The Morgan fingerprint density at radius 3 is 2.55 bits per heavy atom. The number of aliphatic hydroxyl groups excluding tert-OH is 2. The lowest BCUT2D eigenvalue weighted by atomic mass is 9.79. The Balaban J connectivity index is 1.72. The molecule has 12 heteroatoms. The van der Waals surface area contributed by atoms with Crippen molar-refractivity contribution in [1.82, 2.24) is 14.8 Å². The molecular formula is C26H37N3O7S2. The number of carbonyl (C=O) groups excluding carboxylic acids is 3. The molecular weight excluding hydrogens is 530 g/mol. The van der Waals surface area contributed by atoms with Crippen molar-refractivity contribution < 1.29 is 34.1 Å². The first-order valence-corrected chi connectivity index (χ1v) is 14.7. The van der Waals surface area contributed by atoms with Gasteiger partial charge in [0.25, 0.3) is 0 Å². The fourth-order valence-corrected chi connectivity index (χ4v) is 6.43. The second kappa shape index (κ2) is 14.1. The average molecular weight is 568 g/mol. The second-order valence-corrected chi connectivity index (χ2v) is 11.2. The largest absolute Gasteiger partial charge is 0.423 e. The number of hydrogen-bond donors (Lipinski definition) is 2. The third-order valence-electron chi connectivity index (χ3n) is 6.73. The molecule has 2 amide bonds. The molecule has 0 spiro atoms. The Hall–Kier alpha value is -2.41. The minimum atomic E-state index is -0.856. The van der Waals surface area contributed by atoms with Crippen molar-refractivity contribution in [3.05, 3.63) is 32.1 Å². The van der Waals surface area contributed by atoms with E-state index in [4.69, 9.17) is 9.47 Å². The third-order valence-corrected chi connectivity index (χ3v) is 8.66. The molecule has 1 aromatic heterocycles. The molecule has 0 bridgehead atoms. The predicted molar refractivity (Wildman–Crippen MR) is 145 cm³/mol. The van der Waals surface area contributed by atoms with Gasteiger partial charge < -0.3 is 29.5 Å². The van der Waals surface area contributed by atoms with Crippen LogP contribution >= 0.6 is 23.1 Å². The molecule has 1 aromatic rings. The summed E-state index contributed by atoms with van der Waals surface area (Å²) >= 11 is 2.66. The third kappa shape index (κ3) is 6.59. The molecule has 2 aliphatic rings. The van der Waals surface area contributed by atoms with Gasteiger partial charge in [-0.15, -0.1) is 11.3 Å². The summed E-state index contributed by atoms with van der Waals surface area (Å²) in [4.78, 5) is 47.1. The van der Waals surface area contributed by atoms with Gasteiger partial charge in [-0.2, -0.15) is 0 Å². The average Bonchev–Trinajstić information content (AvgIpc) is 3.44. The molecule has 1 saturated heterocycles. The summed E-state index contributed by atoms with van der Waals surface area (Å²) in [6.45, 7) is 7.95. The van der Waals surface area contributed by atoms with Crippen LogP contribution in [-0.4, -0.2) is 75.0 Å². The van der Waals surface area contributed by atoms with Crippen LogP contribution in [0.5, 0.6) is 0 Å². The van der Waals surface area contributed by atoms with Crippen LogP contribution in [0.3, 0.4) is 0 Å². The summed E-state index contributed by atoms with van der Waals surface area (Å²) in [7, 11) is 0. The first kappa shape index (κ1) is 30.1. The first-order valence-electron chi connectivity index (χ1n) is 13.0. The molecule has 4 atom stereocenters. The molecule has 38 heavy (non-hydrogen) atoms. The number of unbranched alkanes of at least 4 members (excludes halogenated alkanes) is 2. The number of nitrogens with zero attached hydrogens (tertiary/aromatic N) is 3. The number of fused-ring (bicyclic) bond motifs is 1. The summed E-state index contributed by atoms with van der Waals surface area (Å²) in [5, 5.41) is 21.4. The molecule has 0 aromatic carbocycles. The highest BCUT2D eigenvalue weighted by Crippen LogP contribution is 2.51. The maximum absolute atomic E-state index is 13.2. The number of aromatic nitrogens is 1. The fourth-order valence-electron chi connectivity index (χ4n) is 4.66. The second-order valence-electron chi connectivity index (χ2n) is 9.36. The van der Waals surface area contributed by atoms with Crippen molar-refractivity contribution in [1.29, 1.82) is 0 Å². The van der Waals surface area contributed by atoms with E-state index < -0.39 is 30.9 Å². The lowest BCUT2D eigenvalue weighted by molar-refractivity contribution is -0.166. The Labute approximate surface area is 231 Å². The van der Waals surface area contributed by atoms with E-state index in [1.54, 1.807) is 28.8 Å². The van der Waals surface area contributed by atoms with Gasteiger partial charge >= 0.3 is 12.1 Å². The summed E-state index contributed by atoms with van der Waals surface area (Å²) in [5.74, 6) is -1.93. The Morgan fingerprint density at radius 1 is 1.26 bits per heavy atom. The van der Waals surface area contributed by atoms with Gasteiger partial charge in [0.1, 0.15) is 5.70 Å². The SMILES string of the molecule is CCCCN(CCCC)C(=O)OCOC(=O)C1=C(SC=Cc2scnc2CO)[C@H](C)[C@@H]2[C@@H]([C@@H](C)O)C(=O)N12. The lowest BCUT2D eigenvalue weighted by Gasteiger charge is -2.46. The van der Waals surface area contributed by atoms with E-state index in [9.17, 15) is 24.6 Å². The van der Waals surface area contributed by atoms with Crippen LogP contribution in [0.15, 0.2) is 21.5 Å². The van der Waals surface area contributed by atoms with E-state index in [2.05, 4.69) is 4.98 Å². The number of carbonyl (C=O) groups is 3. The van der Waals surface area contributed by atoms with Crippen molar-refractivity contribution in [2.75, 3.05) is 19.9 Å². The highest BCUT2D eigenvalue weighted by Gasteiger charge is 2.60. The van der Waals surface area contributed by atoms with Gasteiger partial charge in [-0.3, -0.25) is 4.79 Å². The quantitative estimate of drug-likeness (QED) is 0.195. The Kier molecular flexibility index (Phi) is 11.2. The van der Waals surface area contributed by atoms with Gasteiger partial charge in [-0.1, -0.05) is 45.4 Å². The van der Waals surface area contributed by atoms with Crippen molar-refractivity contribution >= 4 is 47.1 Å². The van der Waals surface area contributed by atoms with Crippen LogP contribution in [-0.2, 0) is 25.7 Å². The maximum Gasteiger partial charge on any atom is 0.412 e. The molecule has 2 aliphatic heterocycles. The zero-order valence-corrected chi connectivity index (χ0v) is 23.9. The van der Waals surface area contributed by atoms with Crippen LogP contribution < -0.4 is 0 Å². The van der Waals surface area contributed by atoms with E-state index in [1.807, 2.05) is 20.8 Å². The standard InChI is InChI=1S/C26H37N3O7S2/c1-5-7-10-28(11-8-6-2)26(34)36-15-35-25(33)22-23(37-12-9-19-18(13-30)27-14-38-19)16(3)21-20(17(4)31)24(32)29(21)22/h9,12,14,16-17,20-21,30-31H,5-8,10-11,13,15H2,1-4H3/t16-,17-,20-,21-/m1/s1. The maximum atomic E-state index is 13.2. The van der Waals surface area contributed by atoms with E-state index in [-0.39, 0.29) is 30.2 Å². The Morgan fingerprint density at radius 2 is 1.95 bits per heavy atom. The molecule has 10 nitrogen and oxygen atoms in total. The number of amides is 2. The molecule has 0 saturated carbocycles. The minimum absolute atomic E-state index is 0.107. The van der Waals surface area contributed by atoms with Gasteiger partial charge in [-0.25, -0.2) is 14.6 Å². The number of thiazole rings is 1. The van der Waals surface area contributed by atoms with Gasteiger partial charge in [-0.05, 0) is 31.2 Å². The summed E-state index contributed by atoms with van der Waals surface area (Å²) < 4.78 is 10.6. The smallest absolute Gasteiger partial charge is 0.412 e. The molecule has 1 fully saturated rings. The van der Waals surface area contributed by atoms with E-state index in [1.165, 1.54) is 28.0 Å². The number of esters is 1. The van der Waals surface area contributed by atoms with Gasteiger partial charge in [0.15, 0.2) is 0 Å². The van der Waals surface area contributed by atoms with Crippen LogP contribution in [0.4, 0.5) is 4.79 Å². The number of ether oxygens (including phenoxy) is 2. The molecule has 0 aliphatic carbocycles. The van der Waals surface area contributed by atoms with Crippen LogP contribution in [0.25, 0.3) is 6.08 Å². The molecule has 3 heterocycles. The number of hydrogen-bond acceptors (Lipinski definition) is 10. The highest BCUT2D eigenvalue weighted by molar-refractivity contribution is 8.06. The summed E-state index contributed by atoms with van der Waals surface area (Å²) in [6.07, 6.45) is 3.98. The number of thioether (sulfide) groups is 1. The number of β-lactam (4-membered cyclic amide) rings is 1. The molecule has 3 rings (SSSR count). The number of rotatable bonds is 14. The van der Waals surface area contributed by atoms with E-state index in [0.717, 1.165) is 30.6 Å². The van der Waals surface area contributed by atoms with E-state index in [0.29, 0.717) is 23.7 Å². The first-order chi connectivity index (χ1) is 18.3. The molecule has 210 valence electrons. The molecule has 0 unspecified atom stereocenters. The van der Waals surface area contributed by atoms with Crippen LogP contribution in [0, 0.1) is 11.8 Å². The highest BCUT2D eigenvalue weighted by atomic mass is 32.2. The fraction of sp³-hybridized carbons (Fsp3) is 0.615. The monoisotopic (exact) mass is 567 g/mol. The van der Waals surface area contributed by atoms with E-state index >= 15 is 0 Å². The summed E-state index contributed by atoms with van der Waals surface area (Å²) in [6, 6.07) is -0.363. The number of aliphatic hydroxyl groups is 2. The zero-order valence-electron chi connectivity index (χ0n) is 22.3. The van der Waals surface area contributed by atoms with Gasteiger partial charge in [0.2, 0.25) is 12.7 Å². The van der Waals surface area contributed by atoms with Crippen molar-refractivity contribution in [2.45, 2.75) is 72.1 Å².